The molecule has 0 spiro atoms. The van der Waals surface area contributed by atoms with Gasteiger partial charge in [0.2, 0.25) is 0 Å². The summed E-state index contributed by atoms with van der Waals surface area (Å²) in [6.07, 6.45) is 10.1. The van der Waals surface area contributed by atoms with Crippen molar-refractivity contribution < 1.29 is 4.79 Å². The van der Waals surface area contributed by atoms with Gasteiger partial charge in [-0.2, -0.15) is 0 Å². The quantitative estimate of drug-likeness (QED) is 0.567. The van der Waals surface area contributed by atoms with Crippen LogP contribution in [0.2, 0.25) is 0 Å². The van der Waals surface area contributed by atoms with Crippen molar-refractivity contribution in [1.29, 1.82) is 0 Å². The first-order valence-electron chi connectivity index (χ1n) is 11.2. The number of aromatic nitrogens is 3. The molecule has 2 aliphatic heterocycles. The molecule has 3 aromatic rings. The Kier molecular flexibility index (Phi) is 5.39. The summed E-state index contributed by atoms with van der Waals surface area (Å²) in [5.74, 6) is 1.75. The molecule has 1 aromatic carbocycles. The predicted molar refractivity (Wildman–Crippen MR) is 129 cm³/mol. The number of benzene rings is 1. The molecule has 0 fully saturated rings. The Bertz CT molecular complexity index is 1210. The van der Waals surface area contributed by atoms with Crippen LogP contribution in [-0.2, 0) is 13.0 Å². The van der Waals surface area contributed by atoms with E-state index in [1.54, 1.807) is 6.20 Å². The zero-order chi connectivity index (χ0) is 22.1. The Balaban J connectivity index is 1.40. The number of imidazole rings is 1. The molecule has 7 nitrogen and oxygen atoms in total. The van der Waals surface area contributed by atoms with E-state index in [1.807, 2.05) is 25.4 Å². The zero-order valence-corrected chi connectivity index (χ0v) is 18.5. The number of hydrogen-bond donors (Lipinski definition) is 3. The van der Waals surface area contributed by atoms with Gasteiger partial charge in [-0.05, 0) is 54.7 Å². The van der Waals surface area contributed by atoms with E-state index in [0.29, 0.717) is 12.2 Å². The van der Waals surface area contributed by atoms with Gasteiger partial charge in [0.15, 0.2) is 0 Å². The van der Waals surface area contributed by atoms with Crippen LogP contribution < -0.4 is 16.0 Å². The molecule has 0 radical (unpaired) electrons. The fourth-order valence-electron chi connectivity index (χ4n) is 4.49. The van der Waals surface area contributed by atoms with E-state index in [1.165, 1.54) is 12.0 Å². The monoisotopic (exact) mass is 428 g/mol. The molecule has 0 bridgehead atoms. The standard InChI is InChI=1S/C25H28N6O/c1-16-7-8-19(30-25(32)22-15-29-24-6-4-3-5-9-31(22)24)11-20(16)17-10-18-14-28-23(26-2)12-21(18)27-13-17/h7-8,10-12,14-15,27H,3-6,9,13H2,1-2H3,(H,26,28)(H,30,32). The van der Waals surface area contributed by atoms with Gasteiger partial charge in [-0.3, -0.25) is 4.79 Å². The van der Waals surface area contributed by atoms with Gasteiger partial charge in [-0.1, -0.05) is 12.5 Å². The Morgan fingerprint density at radius 3 is 2.91 bits per heavy atom. The van der Waals surface area contributed by atoms with Crippen LogP contribution in [0.3, 0.4) is 0 Å². The van der Waals surface area contributed by atoms with Crippen LogP contribution in [0.25, 0.3) is 11.6 Å². The Morgan fingerprint density at radius 2 is 2.03 bits per heavy atom. The summed E-state index contributed by atoms with van der Waals surface area (Å²) in [6, 6.07) is 8.09. The topological polar surface area (TPSA) is 83.9 Å². The lowest BCUT2D eigenvalue weighted by Gasteiger charge is -2.21. The predicted octanol–water partition coefficient (Wildman–Crippen LogP) is 4.57. The first kappa shape index (κ1) is 20.3. The molecule has 0 saturated carbocycles. The van der Waals surface area contributed by atoms with Gasteiger partial charge in [-0.25, -0.2) is 9.97 Å². The molecule has 0 unspecified atom stereocenters. The summed E-state index contributed by atoms with van der Waals surface area (Å²) < 4.78 is 2.08. The fourth-order valence-corrected chi connectivity index (χ4v) is 4.49. The number of amides is 1. The third-order valence-electron chi connectivity index (χ3n) is 6.28. The van der Waals surface area contributed by atoms with Gasteiger partial charge in [0, 0.05) is 55.8 Å². The summed E-state index contributed by atoms with van der Waals surface area (Å²) >= 11 is 0. The maximum atomic E-state index is 13.0. The number of nitrogens with zero attached hydrogens (tertiary/aromatic N) is 3. The van der Waals surface area contributed by atoms with E-state index in [4.69, 9.17) is 0 Å². The summed E-state index contributed by atoms with van der Waals surface area (Å²) in [7, 11) is 1.86. The summed E-state index contributed by atoms with van der Waals surface area (Å²) in [5, 5.41) is 9.65. The molecule has 1 amide bonds. The van der Waals surface area contributed by atoms with Crippen molar-refractivity contribution in [1.82, 2.24) is 14.5 Å². The first-order valence-corrected chi connectivity index (χ1v) is 11.2. The molecule has 4 heterocycles. The summed E-state index contributed by atoms with van der Waals surface area (Å²) in [4.78, 5) is 22.0. The van der Waals surface area contributed by atoms with Gasteiger partial charge in [-0.15, -0.1) is 0 Å². The largest absolute Gasteiger partial charge is 0.380 e. The normalized spacial score (nSPS) is 15.0. The van der Waals surface area contributed by atoms with Gasteiger partial charge in [0.1, 0.15) is 17.3 Å². The maximum Gasteiger partial charge on any atom is 0.273 e. The number of aryl methyl sites for hydroxylation is 2. The van der Waals surface area contributed by atoms with Gasteiger partial charge < -0.3 is 20.5 Å². The van der Waals surface area contributed by atoms with Crippen LogP contribution in [0.15, 0.2) is 36.7 Å². The minimum Gasteiger partial charge on any atom is -0.380 e. The Morgan fingerprint density at radius 1 is 1.12 bits per heavy atom. The fraction of sp³-hybridized carbons (Fsp3) is 0.320. The molecule has 164 valence electrons. The minimum atomic E-state index is -0.106. The van der Waals surface area contributed by atoms with E-state index in [-0.39, 0.29) is 5.91 Å². The van der Waals surface area contributed by atoms with Crippen LogP contribution in [-0.4, -0.2) is 34.0 Å². The van der Waals surface area contributed by atoms with E-state index >= 15 is 0 Å². The van der Waals surface area contributed by atoms with E-state index < -0.39 is 0 Å². The lowest BCUT2D eigenvalue weighted by molar-refractivity contribution is 0.101. The highest BCUT2D eigenvalue weighted by atomic mass is 16.2. The molecule has 2 aliphatic rings. The second kappa shape index (κ2) is 8.49. The third-order valence-corrected chi connectivity index (χ3v) is 6.28. The summed E-state index contributed by atoms with van der Waals surface area (Å²) in [6.45, 7) is 3.67. The average molecular weight is 429 g/mol. The highest BCUT2D eigenvalue weighted by Gasteiger charge is 2.19. The first-order chi connectivity index (χ1) is 15.6. The van der Waals surface area contributed by atoms with Crippen molar-refractivity contribution in [2.45, 2.75) is 39.2 Å². The number of hydrogen-bond acceptors (Lipinski definition) is 5. The van der Waals surface area contributed by atoms with Crippen molar-refractivity contribution in [3.05, 3.63) is 64.9 Å². The van der Waals surface area contributed by atoms with Crippen LogP contribution in [0, 0.1) is 6.92 Å². The second-order valence-electron chi connectivity index (χ2n) is 8.44. The van der Waals surface area contributed by atoms with Gasteiger partial charge in [0.25, 0.3) is 5.91 Å². The van der Waals surface area contributed by atoms with E-state index in [9.17, 15) is 4.79 Å². The van der Waals surface area contributed by atoms with Crippen LogP contribution >= 0.6 is 0 Å². The second-order valence-corrected chi connectivity index (χ2v) is 8.44. The molecule has 2 aromatic heterocycles. The molecular weight excluding hydrogens is 400 g/mol. The van der Waals surface area contributed by atoms with E-state index in [2.05, 4.69) is 55.6 Å². The van der Waals surface area contributed by atoms with E-state index in [0.717, 1.165) is 65.5 Å². The minimum absolute atomic E-state index is 0.106. The number of carbonyl (C=O) groups is 1. The Hall–Kier alpha value is -3.61. The van der Waals surface area contributed by atoms with Crippen molar-refractivity contribution >= 4 is 34.7 Å². The number of carbonyl (C=O) groups excluding carboxylic acids is 1. The van der Waals surface area contributed by atoms with Crippen LogP contribution in [0.1, 0.15) is 52.3 Å². The van der Waals surface area contributed by atoms with Crippen molar-refractivity contribution in [3.63, 3.8) is 0 Å². The summed E-state index contributed by atoms with van der Waals surface area (Å²) in [5.41, 5.74) is 7.00. The number of pyridine rings is 1. The third kappa shape index (κ3) is 3.86. The number of anilines is 3. The van der Waals surface area contributed by atoms with Gasteiger partial charge in [0.05, 0.1) is 6.20 Å². The maximum absolute atomic E-state index is 13.0. The lowest BCUT2D eigenvalue weighted by Crippen LogP contribution is -2.18. The molecule has 32 heavy (non-hydrogen) atoms. The van der Waals surface area contributed by atoms with Gasteiger partial charge >= 0.3 is 0 Å². The van der Waals surface area contributed by atoms with Crippen molar-refractivity contribution in [2.75, 3.05) is 29.5 Å². The smallest absolute Gasteiger partial charge is 0.273 e. The lowest BCUT2D eigenvalue weighted by atomic mass is 9.95. The SMILES string of the molecule is CNc1cc2c(cn1)C=C(c1cc(NC(=O)c3cnc4n3CCCCC4)ccc1C)CN2. The number of fused-ring (bicyclic) bond motifs is 2. The highest BCUT2D eigenvalue weighted by Crippen LogP contribution is 2.32. The molecule has 0 aliphatic carbocycles. The van der Waals surface area contributed by atoms with Crippen LogP contribution in [0.5, 0.6) is 0 Å². The Labute approximate surface area is 188 Å². The molecule has 0 saturated heterocycles. The molecule has 7 heteroatoms. The molecule has 5 rings (SSSR count). The van der Waals surface area contributed by atoms with Crippen molar-refractivity contribution in [3.8, 4) is 0 Å². The molecular formula is C25H28N6O. The highest BCUT2D eigenvalue weighted by molar-refractivity contribution is 6.03. The number of rotatable bonds is 4. The average Bonchev–Trinajstić information content (AvgIpc) is 3.08. The van der Waals surface area contributed by atoms with Crippen LogP contribution in [0.4, 0.5) is 17.2 Å². The van der Waals surface area contributed by atoms with Crippen molar-refractivity contribution in [2.24, 2.45) is 0 Å². The molecule has 3 N–H and O–H groups in total. The number of nitrogens with one attached hydrogen (secondary N) is 3. The zero-order valence-electron chi connectivity index (χ0n) is 18.5. The molecule has 0 atom stereocenters.